The molecule has 3 nitrogen and oxygen atoms in total. The average molecular weight is 314 g/mol. The smallest absolute Gasteiger partial charge is 0.328 e. The van der Waals surface area contributed by atoms with E-state index in [0.29, 0.717) is 0 Å². The molecule has 100 valence electrons. The number of anilines is 1. The van der Waals surface area contributed by atoms with Gasteiger partial charge in [-0.3, -0.25) is 0 Å². The van der Waals surface area contributed by atoms with E-state index in [1.165, 1.54) is 7.11 Å². The van der Waals surface area contributed by atoms with E-state index < -0.39 is 0 Å². The fourth-order valence-electron chi connectivity index (χ4n) is 1.93. The zero-order valence-electron chi connectivity index (χ0n) is 11.1. The molecule has 0 bridgehead atoms. The molecular weight excluding hydrogens is 294 g/mol. The van der Waals surface area contributed by atoms with Crippen LogP contribution in [0.5, 0.6) is 0 Å². The minimum Gasteiger partial charge on any atom is -0.467 e. The number of carbonyl (C=O) groups excluding carboxylic acids is 1. The highest BCUT2D eigenvalue weighted by Gasteiger charge is 2.25. The van der Waals surface area contributed by atoms with Crippen LogP contribution < -0.4 is 5.32 Å². The number of ether oxygens (including phenoxy) is 1. The van der Waals surface area contributed by atoms with Crippen LogP contribution in [0.3, 0.4) is 0 Å². The number of halogens is 1. The Morgan fingerprint density at radius 2 is 2.11 bits per heavy atom. The van der Waals surface area contributed by atoms with Gasteiger partial charge in [0.05, 0.1) is 7.11 Å². The molecule has 0 fully saturated rings. The maximum absolute atomic E-state index is 11.8. The maximum atomic E-state index is 11.8. The minimum absolute atomic E-state index is 0.216. The first-order chi connectivity index (χ1) is 8.60. The molecule has 1 aromatic rings. The van der Waals surface area contributed by atoms with Crippen LogP contribution in [-0.4, -0.2) is 19.1 Å². The van der Waals surface area contributed by atoms with Crippen molar-refractivity contribution >= 4 is 27.6 Å². The van der Waals surface area contributed by atoms with Crippen molar-refractivity contribution in [1.29, 1.82) is 0 Å². The van der Waals surface area contributed by atoms with Gasteiger partial charge in [-0.05, 0) is 40.4 Å². The Balaban J connectivity index is 2.85. The van der Waals surface area contributed by atoms with E-state index in [9.17, 15) is 4.79 Å². The number of para-hydroxylation sites is 1. The zero-order valence-corrected chi connectivity index (χ0v) is 12.7. The van der Waals surface area contributed by atoms with Gasteiger partial charge in [-0.1, -0.05) is 32.4 Å². The number of hydrogen-bond acceptors (Lipinski definition) is 3. The molecule has 0 amide bonds. The predicted octanol–water partition coefficient (Wildman–Crippen LogP) is 3.84. The number of carbonyl (C=O) groups is 1. The molecule has 0 saturated heterocycles. The fourth-order valence-corrected chi connectivity index (χ4v) is 2.33. The molecule has 1 N–H and O–H groups in total. The first-order valence-electron chi connectivity index (χ1n) is 6.19. The first-order valence-corrected chi connectivity index (χ1v) is 6.98. The lowest BCUT2D eigenvalue weighted by atomic mass is 9.96. The lowest BCUT2D eigenvalue weighted by Crippen LogP contribution is -2.36. The molecule has 0 spiro atoms. The minimum atomic E-state index is -0.311. The quantitative estimate of drug-likeness (QED) is 0.811. The molecule has 1 aromatic carbocycles. The molecule has 4 heteroatoms. The van der Waals surface area contributed by atoms with Crippen molar-refractivity contribution in [2.75, 3.05) is 12.4 Å². The SMILES string of the molecule is CCCC(C)C(Nc1ccccc1Br)C(=O)OC. The molecule has 0 aliphatic rings. The van der Waals surface area contributed by atoms with Crippen molar-refractivity contribution in [2.45, 2.75) is 32.7 Å². The summed E-state index contributed by atoms with van der Waals surface area (Å²) >= 11 is 3.47. The highest BCUT2D eigenvalue weighted by atomic mass is 79.9. The topological polar surface area (TPSA) is 38.3 Å². The summed E-state index contributed by atoms with van der Waals surface area (Å²) in [5.41, 5.74) is 0.913. The van der Waals surface area contributed by atoms with Gasteiger partial charge in [-0.25, -0.2) is 4.79 Å². The Morgan fingerprint density at radius 1 is 1.44 bits per heavy atom. The standard InChI is InChI=1S/C14H20BrNO2/c1-4-7-10(2)13(14(17)18-3)16-12-9-6-5-8-11(12)15/h5-6,8-10,13,16H,4,7H2,1-3H3. The summed E-state index contributed by atoms with van der Waals surface area (Å²) in [5, 5.41) is 3.26. The second-order valence-electron chi connectivity index (χ2n) is 4.39. The second kappa shape index (κ2) is 7.41. The number of hydrogen-bond donors (Lipinski definition) is 1. The van der Waals surface area contributed by atoms with Gasteiger partial charge in [-0.2, -0.15) is 0 Å². The van der Waals surface area contributed by atoms with Crippen LogP contribution in [0.25, 0.3) is 0 Å². The molecule has 2 unspecified atom stereocenters. The second-order valence-corrected chi connectivity index (χ2v) is 5.25. The third kappa shape index (κ3) is 4.02. The lowest BCUT2D eigenvalue weighted by Gasteiger charge is -2.24. The average Bonchev–Trinajstić information content (AvgIpc) is 2.37. The highest BCUT2D eigenvalue weighted by molar-refractivity contribution is 9.10. The Hall–Kier alpha value is -1.03. The molecule has 0 radical (unpaired) electrons. The third-order valence-corrected chi connectivity index (χ3v) is 3.64. The monoisotopic (exact) mass is 313 g/mol. The summed E-state index contributed by atoms with van der Waals surface area (Å²) in [6.45, 7) is 4.18. The van der Waals surface area contributed by atoms with Gasteiger partial charge in [0.1, 0.15) is 6.04 Å². The van der Waals surface area contributed by atoms with Gasteiger partial charge < -0.3 is 10.1 Å². The van der Waals surface area contributed by atoms with E-state index in [-0.39, 0.29) is 17.9 Å². The van der Waals surface area contributed by atoms with Crippen LogP contribution in [-0.2, 0) is 9.53 Å². The van der Waals surface area contributed by atoms with E-state index in [2.05, 4.69) is 35.1 Å². The molecule has 0 aliphatic heterocycles. The van der Waals surface area contributed by atoms with E-state index in [1.807, 2.05) is 24.3 Å². The van der Waals surface area contributed by atoms with Crippen molar-refractivity contribution in [1.82, 2.24) is 0 Å². The van der Waals surface area contributed by atoms with E-state index in [0.717, 1.165) is 23.0 Å². The zero-order chi connectivity index (χ0) is 13.5. The van der Waals surface area contributed by atoms with Crippen LogP contribution in [0, 0.1) is 5.92 Å². The van der Waals surface area contributed by atoms with Gasteiger partial charge in [0.2, 0.25) is 0 Å². The molecule has 2 atom stereocenters. The molecule has 0 aromatic heterocycles. The normalized spacial score (nSPS) is 13.8. The van der Waals surface area contributed by atoms with Crippen LogP contribution in [0.1, 0.15) is 26.7 Å². The largest absolute Gasteiger partial charge is 0.467 e. The number of methoxy groups -OCH3 is 1. The van der Waals surface area contributed by atoms with Crippen LogP contribution in [0.2, 0.25) is 0 Å². The van der Waals surface area contributed by atoms with Gasteiger partial charge in [0, 0.05) is 10.2 Å². The summed E-state index contributed by atoms with van der Waals surface area (Å²) in [6, 6.07) is 7.46. The summed E-state index contributed by atoms with van der Waals surface area (Å²) < 4.78 is 5.82. The molecular formula is C14H20BrNO2. The molecule has 1 rings (SSSR count). The Kier molecular flexibility index (Phi) is 6.19. The van der Waals surface area contributed by atoms with E-state index in [4.69, 9.17) is 4.74 Å². The Morgan fingerprint density at radius 3 is 2.67 bits per heavy atom. The van der Waals surface area contributed by atoms with E-state index in [1.54, 1.807) is 0 Å². The first kappa shape index (κ1) is 15.0. The summed E-state index contributed by atoms with van der Waals surface area (Å²) in [4.78, 5) is 11.8. The van der Waals surface area contributed by atoms with Crippen molar-refractivity contribution in [3.63, 3.8) is 0 Å². The highest BCUT2D eigenvalue weighted by Crippen LogP contribution is 2.24. The Labute approximate surface area is 117 Å². The van der Waals surface area contributed by atoms with Gasteiger partial charge in [0.25, 0.3) is 0 Å². The molecule has 0 saturated carbocycles. The Bertz CT molecular complexity index is 395. The summed E-state index contributed by atoms with van der Waals surface area (Å²) in [5.74, 6) is 0.0151. The predicted molar refractivity (Wildman–Crippen MR) is 77.6 cm³/mol. The van der Waals surface area contributed by atoms with Crippen molar-refractivity contribution in [3.05, 3.63) is 28.7 Å². The van der Waals surface area contributed by atoms with Gasteiger partial charge in [0.15, 0.2) is 0 Å². The van der Waals surface area contributed by atoms with Crippen molar-refractivity contribution in [2.24, 2.45) is 5.92 Å². The lowest BCUT2D eigenvalue weighted by molar-refractivity contribution is -0.142. The molecule has 0 aliphatic carbocycles. The fraction of sp³-hybridized carbons (Fsp3) is 0.500. The maximum Gasteiger partial charge on any atom is 0.328 e. The molecule has 0 heterocycles. The number of benzene rings is 1. The molecule has 18 heavy (non-hydrogen) atoms. The van der Waals surface area contributed by atoms with Gasteiger partial charge in [-0.15, -0.1) is 0 Å². The van der Waals surface area contributed by atoms with Crippen LogP contribution in [0.15, 0.2) is 28.7 Å². The number of esters is 1. The number of rotatable bonds is 6. The number of nitrogens with one attached hydrogen (secondary N) is 1. The summed E-state index contributed by atoms with van der Waals surface area (Å²) in [6.07, 6.45) is 2.03. The van der Waals surface area contributed by atoms with Crippen LogP contribution in [0.4, 0.5) is 5.69 Å². The van der Waals surface area contributed by atoms with Crippen LogP contribution >= 0.6 is 15.9 Å². The van der Waals surface area contributed by atoms with E-state index >= 15 is 0 Å². The van der Waals surface area contributed by atoms with Gasteiger partial charge >= 0.3 is 5.97 Å². The van der Waals surface area contributed by atoms with Crippen molar-refractivity contribution < 1.29 is 9.53 Å². The summed E-state index contributed by atoms with van der Waals surface area (Å²) in [7, 11) is 1.43. The third-order valence-electron chi connectivity index (χ3n) is 2.95. The van der Waals surface area contributed by atoms with Crippen molar-refractivity contribution in [3.8, 4) is 0 Å².